The van der Waals surface area contributed by atoms with Crippen molar-refractivity contribution in [3.8, 4) is 12.1 Å². The van der Waals surface area contributed by atoms with Crippen LogP contribution < -0.4 is 0 Å². The molecule has 0 spiro atoms. The van der Waals surface area contributed by atoms with Crippen LogP contribution in [0.2, 0.25) is 0 Å². The lowest BCUT2D eigenvalue weighted by atomic mass is 10.0. The summed E-state index contributed by atoms with van der Waals surface area (Å²) >= 11 is 6.70. The number of rotatable bonds is 5. The molecule has 0 amide bonds. The summed E-state index contributed by atoms with van der Waals surface area (Å²) in [5.74, 6) is 0.958. The molecule has 0 saturated heterocycles. The molecule has 0 saturated carbocycles. The van der Waals surface area contributed by atoms with E-state index in [1.54, 1.807) is 0 Å². The third kappa shape index (κ3) is 3.48. The van der Waals surface area contributed by atoms with Crippen LogP contribution in [-0.4, -0.2) is 18.0 Å². The molecule has 1 aliphatic rings. The van der Waals surface area contributed by atoms with E-state index in [1.165, 1.54) is 0 Å². The standard InChI is InChI=1S/C20H22ClN3/c1-13(2)11-24(12-14(3)4)20-17-8-6-5-7-16(17)18(19(20)21)15(9-22)10-23/h5-8,13-14H,11-12H2,1-4H3. The Morgan fingerprint density at radius 1 is 1.00 bits per heavy atom. The van der Waals surface area contributed by atoms with Gasteiger partial charge in [-0.25, -0.2) is 0 Å². The third-order valence-electron chi connectivity index (χ3n) is 3.84. The maximum Gasteiger partial charge on any atom is 0.139 e. The van der Waals surface area contributed by atoms with E-state index < -0.39 is 0 Å². The molecule has 0 fully saturated rings. The van der Waals surface area contributed by atoms with Crippen molar-refractivity contribution in [1.29, 1.82) is 10.5 Å². The average Bonchev–Trinajstić information content (AvgIpc) is 2.80. The predicted molar refractivity (Wildman–Crippen MR) is 98.6 cm³/mol. The molecule has 0 bridgehead atoms. The van der Waals surface area contributed by atoms with Crippen LogP contribution in [-0.2, 0) is 0 Å². The number of benzene rings is 1. The maximum absolute atomic E-state index is 9.32. The van der Waals surface area contributed by atoms with Gasteiger partial charge in [-0.15, -0.1) is 0 Å². The Kier molecular flexibility index (Phi) is 5.71. The molecule has 1 aromatic carbocycles. The van der Waals surface area contributed by atoms with Gasteiger partial charge in [0, 0.05) is 24.2 Å². The molecule has 24 heavy (non-hydrogen) atoms. The first kappa shape index (κ1) is 18.1. The normalized spacial score (nSPS) is 13.1. The van der Waals surface area contributed by atoms with Crippen LogP contribution >= 0.6 is 11.6 Å². The first-order valence-electron chi connectivity index (χ1n) is 8.20. The highest BCUT2D eigenvalue weighted by Gasteiger charge is 2.31. The molecule has 3 nitrogen and oxygen atoms in total. The second kappa shape index (κ2) is 7.56. The quantitative estimate of drug-likeness (QED) is 0.707. The Hall–Kier alpha value is -2.23. The molecule has 0 aliphatic heterocycles. The topological polar surface area (TPSA) is 50.8 Å². The van der Waals surface area contributed by atoms with Gasteiger partial charge in [0.2, 0.25) is 0 Å². The van der Waals surface area contributed by atoms with Gasteiger partial charge >= 0.3 is 0 Å². The first-order chi connectivity index (χ1) is 11.4. The number of halogens is 1. The van der Waals surface area contributed by atoms with Crippen molar-refractivity contribution in [1.82, 2.24) is 4.90 Å². The van der Waals surface area contributed by atoms with Crippen LogP contribution in [0.3, 0.4) is 0 Å². The second-order valence-corrected chi connectivity index (χ2v) is 7.25. The summed E-state index contributed by atoms with van der Waals surface area (Å²) in [6.07, 6.45) is 0. The van der Waals surface area contributed by atoms with Crippen LogP contribution in [0.1, 0.15) is 38.8 Å². The van der Waals surface area contributed by atoms with Gasteiger partial charge in [0.15, 0.2) is 0 Å². The predicted octanol–water partition coefficient (Wildman–Crippen LogP) is 5.02. The lowest BCUT2D eigenvalue weighted by Gasteiger charge is -2.30. The Morgan fingerprint density at radius 3 is 1.96 bits per heavy atom. The number of hydrogen-bond acceptors (Lipinski definition) is 3. The van der Waals surface area contributed by atoms with Gasteiger partial charge in [0.05, 0.1) is 10.7 Å². The molecule has 0 radical (unpaired) electrons. The van der Waals surface area contributed by atoms with Crippen LogP contribution in [0, 0.1) is 34.5 Å². The molecule has 1 aliphatic carbocycles. The summed E-state index contributed by atoms with van der Waals surface area (Å²) in [7, 11) is 0. The molecule has 1 aromatic rings. The minimum absolute atomic E-state index is 0.0662. The van der Waals surface area contributed by atoms with E-state index in [0.717, 1.165) is 29.9 Å². The van der Waals surface area contributed by atoms with Crippen LogP contribution in [0.25, 0.3) is 11.3 Å². The third-order valence-corrected chi connectivity index (χ3v) is 4.21. The second-order valence-electron chi connectivity index (χ2n) is 6.87. The van der Waals surface area contributed by atoms with Gasteiger partial charge in [-0.05, 0) is 17.4 Å². The van der Waals surface area contributed by atoms with Crippen molar-refractivity contribution in [2.45, 2.75) is 27.7 Å². The highest BCUT2D eigenvalue weighted by atomic mass is 35.5. The van der Waals surface area contributed by atoms with Gasteiger partial charge in [0.1, 0.15) is 17.7 Å². The summed E-state index contributed by atoms with van der Waals surface area (Å²) in [6.45, 7) is 10.5. The van der Waals surface area contributed by atoms with Gasteiger partial charge in [-0.3, -0.25) is 0 Å². The van der Waals surface area contributed by atoms with E-state index in [1.807, 2.05) is 36.4 Å². The Bertz CT molecular complexity index is 747. The molecule has 0 aromatic heterocycles. The largest absolute Gasteiger partial charge is 0.369 e. The van der Waals surface area contributed by atoms with Crippen molar-refractivity contribution in [2.24, 2.45) is 11.8 Å². The minimum atomic E-state index is 0.0662. The summed E-state index contributed by atoms with van der Waals surface area (Å²) in [5.41, 5.74) is 3.43. The lowest BCUT2D eigenvalue weighted by molar-refractivity contribution is 0.312. The number of fused-ring (bicyclic) bond motifs is 1. The van der Waals surface area contributed by atoms with Gasteiger partial charge in [0.25, 0.3) is 0 Å². The van der Waals surface area contributed by atoms with Crippen molar-refractivity contribution in [2.75, 3.05) is 13.1 Å². The Labute approximate surface area is 149 Å². The summed E-state index contributed by atoms with van der Waals surface area (Å²) in [6, 6.07) is 11.8. The molecule has 0 N–H and O–H groups in total. The fraction of sp³-hybridized carbons (Fsp3) is 0.400. The number of nitrogens with zero attached hydrogens (tertiary/aromatic N) is 3. The zero-order chi connectivity index (χ0) is 17.9. The van der Waals surface area contributed by atoms with Crippen LogP contribution in [0.4, 0.5) is 0 Å². The van der Waals surface area contributed by atoms with Crippen LogP contribution in [0.15, 0.2) is 34.9 Å². The summed E-state index contributed by atoms with van der Waals surface area (Å²) < 4.78 is 0. The SMILES string of the molecule is CC(C)CN(CC(C)C)C1=C(Cl)C(=C(C#N)C#N)c2ccccc21. The van der Waals surface area contributed by atoms with Crippen molar-refractivity contribution in [3.05, 3.63) is 46.0 Å². The van der Waals surface area contributed by atoms with E-state index in [0.29, 0.717) is 22.4 Å². The van der Waals surface area contributed by atoms with Gasteiger partial charge < -0.3 is 4.90 Å². The smallest absolute Gasteiger partial charge is 0.139 e. The molecule has 124 valence electrons. The fourth-order valence-electron chi connectivity index (χ4n) is 3.09. The number of allylic oxidation sites excluding steroid dienone is 3. The van der Waals surface area contributed by atoms with Gasteiger partial charge in [-0.1, -0.05) is 63.6 Å². The van der Waals surface area contributed by atoms with E-state index in [2.05, 4.69) is 32.6 Å². The highest BCUT2D eigenvalue weighted by molar-refractivity contribution is 6.42. The average molecular weight is 340 g/mol. The maximum atomic E-state index is 9.32. The first-order valence-corrected chi connectivity index (χ1v) is 8.57. The number of hydrogen-bond donors (Lipinski definition) is 0. The zero-order valence-corrected chi connectivity index (χ0v) is 15.4. The molecular weight excluding hydrogens is 318 g/mol. The number of nitriles is 2. The van der Waals surface area contributed by atoms with E-state index in [9.17, 15) is 10.5 Å². The molecule has 0 unspecified atom stereocenters. The molecule has 0 atom stereocenters. The zero-order valence-electron chi connectivity index (χ0n) is 14.6. The molecule has 0 heterocycles. The van der Waals surface area contributed by atoms with Crippen molar-refractivity contribution < 1.29 is 0 Å². The van der Waals surface area contributed by atoms with Crippen molar-refractivity contribution in [3.63, 3.8) is 0 Å². The Morgan fingerprint density at radius 2 is 1.50 bits per heavy atom. The monoisotopic (exact) mass is 339 g/mol. The summed E-state index contributed by atoms with van der Waals surface area (Å²) in [5, 5.41) is 19.2. The molecule has 2 rings (SSSR count). The lowest BCUT2D eigenvalue weighted by Crippen LogP contribution is -2.30. The Balaban J connectivity index is 2.69. The van der Waals surface area contributed by atoms with Crippen molar-refractivity contribution >= 4 is 22.9 Å². The fourth-order valence-corrected chi connectivity index (χ4v) is 3.51. The molecule has 4 heteroatoms. The van der Waals surface area contributed by atoms with E-state index in [4.69, 9.17) is 11.6 Å². The highest BCUT2D eigenvalue weighted by Crippen LogP contribution is 2.46. The van der Waals surface area contributed by atoms with Crippen LogP contribution in [0.5, 0.6) is 0 Å². The summed E-state index contributed by atoms with van der Waals surface area (Å²) in [4.78, 5) is 2.29. The molecular formula is C20H22ClN3. The minimum Gasteiger partial charge on any atom is -0.369 e. The van der Waals surface area contributed by atoms with E-state index >= 15 is 0 Å². The van der Waals surface area contributed by atoms with E-state index in [-0.39, 0.29) is 5.57 Å². The van der Waals surface area contributed by atoms with Gasteiger partial charge in [-0.2, -0.15) is 10.5 Å².